The Morgan fingerprint density at radius 2 is 2.36 bits per heavy atom. The zero-order valence-electron chi connectivity index (χ0n) is 6.38. The summed E-state index contributed by atoms with van der Waals surface area (Å²) < 4.78 is 5.27. The Kier molecular flexibility index (Phi) is 4.39. The SMILES string of the molecule is NCOCNC([CH2][Rf])C(N)=O. The van der Waals surface area contributed by atoms with Crippen molar-refractivity contribution in [1.29, 1.82) is 0 Å². The monoisotopic (exact) mass is 413 g/mol. The van der Waals surface area contributed by atoms with E-state index in [1.807, 2.05) is 0 Å². The topological polar surface area (TPSA) is 90.4 Å². The Bertz CT molecular complexity index is 122. The number of amides is 1. The van der Waals surface area contributed by atoms with Gasteiger partial charge >= 0.3 is 58.6 Å². The molecule has 0 heterocycles. The number of carbonyl (C=O) groups excluding carboxylic acids is 1. The fourth-order valence-corrected chi connectivity index (χ4v) is 2.77. The summed E-state index contributed by atoms with van der Waals surface area (Å²) >= 11 is 0. The van der Waals surface area contributed by atoms with E-state index >= 15 is 0 Å². The van der Waals surface area contributed by atoms with Crippen molar-refractivity contribution in [1.82, 2.24) is 5.32 Å². The number of rotatable bonds is 6. The van der Waals surface area contributed by atoms with E-state index in [1.54, 1.807) is 0 Å². The average molecular weight is 413 g/mol. The van der Waals surface area contributed by atoms with Gasteiger partial charge in [-0.3, -0.25) is 0 Å². The van der Waals surface area contributed by atoms with Crippen LogP contribution in [0.25, 0.3) is 0 Å². The fraction of sp³-hybridized carbons (Fsp3) is 0.800. The molecule has 0 spiro atoms. The molecule has 0 rings (SSSR count). The first-order valence-corrected chi connectivity index (χ1v) is 7.84. The van der Waals surface area contributed by atoms with E-state index in [0.29, 0.717) is 6.73 Å². The average Bonchev–Trinajstić information content (AvgIpc) is 1.97. The van der Waals surface area contributed by atoms with Crippen molar-refractivity contribution in [2.45, 2.75) is 13.0 Å². The summed E-state index contributed by atoms with van der Waals surface area (Å²) in [5.41, 5.74) is 10.1. The summed E-state index contributed by atoms with van der Waals surface area (Å²) in [6.45, 7) is 1.32. The zero-order valence-corrected chi connectivity index (χ0v) is 12.8. The number of carbonyl (C=O) groups is 1. The summed E-state index contributed by atoms with van der Waals surface area (Å²) in [6, 6.07) is -0.225. The first-order valence-electron chi connectivity index (χ1n) is 3.32. The van der Waals surface area contributed by atoms with Gasteiger partial charge in [-0.05, 0) is 0 Å². The van der Waals surface area contributed by atoms with Gasteiger partial charge in [0.25, 0.3) is 0 Å². The molecule has 11 heavy (non-hydrogen) atoms. The molecule has 0 saturated carbocycles. The van der Waals surface area contributed by atoms with E-state index in [2.05, 4.69) is 5.32 Å². The normalized spacial score (nSPS) is 13.0. The molecule has 1 amide bonds. The van der Waals surface area contributed by atoms with E-state index in [1.165, 1.54) is 0 Å². The van der Waals surface area contributed by atoms with Crippen molar-refractivity contribution in [3.63, 3.8) is 0 Å². The molecular weight excluding hydrogens is 401 g/mol. The molecule has 1 atom stereocenters. The number of hydrogen-bond donors (Lipinski definition) is 3. The van der Waals surface area contributed by atoms with E-state index in [4.69, 9.17) is 16.2 Å². The van der Waals surface area contributed by atoms with Crippen LogP contribution >= 0.6 is 0 Å². The maximum absolute atomic E-state index is 10.6. The van der Waals surface area contributed by atoms with Crippen molar-refractivity contribution in [3.05, 3.63) is 0 Å². The van der Waals surface area contributed by atoms with E-state index in [9.17, 15) is 4.79 Å². The third-order valence-corrected chi connectivity index (χ3v) is 3.79. The van der Waals surface area contributed by atoms with Crippen molar-refractivity contribution in [2.75, 3.05) is 13.5 Å². The van der Waals surface area contributed by atoms with E-state index in [-0.39, 0.29) is 18.7 Å². The van der Waals surface area contributed by atoms with Gasteiger partial charge in [0.15, 0.2) is 0 Å². The number of nitrogens with two attached hydrogens (primary N) is 2. The molecule has 1 unspecified atom stereocenters. The molecule has 0 aromatic rings. The van der Waals surface area contributed by atoms with Crippen molar-refractivity contribution >= 4 is 5.91 Å². The summed E-state index contributed by atoms with van der Waals surface area (Å²) in [4.78, 5) is 10.6. The van der Waals surface area contributed by atoms with Gasteiger partial charge < -0.3 is 0 Å². The van der Waals surface area contributed by atoms with Crippen LogP contribution in [-0.4, -0.2) is 25.4 Å². The molecule has 0 radical (unpaired) electrons. The van der Waals surface area contributed by atoms with Crippen LogP contribution in [0.3, 0.4) is 0 Å². The first kappa shape index (κ1) is 9.35. The molecular formula is C5H12N3O2Rf. The van der Waals surface area contributed by atoms with Crippen LogP contribution in [0.15, 0.2) is 0 Å². The quantitative estimate of drug-likeness (QED) is 0.358. The Morgan fingerprint density at radius 3 is 2.73 bits per heavy atom. The predicted octanol–water partition coefficient (Wildman–Crippen LogP) is -1.71. The van der Waals surface area contributed by atoms with Gasteiger partial charge in [0.2, 0.25) is 0 Å². The first-order chi connectivity index (χ1) is 5.22. The Morgan fingerprint density at radius 1 is 1.73 bits per heavy atom. The Hall–Kier alpha value is -1.65. The van der Waals surface area contributed by atoms with Crippen LogP contribution in [-0.2, 0) is 9.53 Å². The number of ether oxygens (including phenoxy) is 1. The molecule has 0 saturated heterocycles. The van der Waals surface area contributed by atoms with Crippen LogP contribution < -0.4 is 16.8 Å². The third kappa shape index (κ3) is 3.85. The van der Waals surface area contributed by atoms with Crippen LogP contribution in [0.1, 0.15) is 0 Å². The number of nitrogens with one attached hydrogen (secondary N) is 1. The van der Waals surface area contributed by atoms with E-state index < -0.39 is 0 Å². The fourth-order valence-electron chi connectivity index (χ4n) is 0.563. The second kappa shape index (κ2) is 5.16. The molecule has 5 nitrogen and oxygen atoms in total. The summed E-state index contributed by atoms with van der Waals surface area (Å²) in [5.74, 6) is -0.315. The van der Waals surface area contributed by atoms with Gasteiger partial charge in [0.1, 0.15) is 0 Å². The molecule has 0 bridgehead atoms. The molecule has 0 aliphatic carbocycles. The standard InChI is InChI=1S/C5H12N3O2.Rf/c1-4(5(7)9)8-3-10-2-6;/h4,8H,1-3,6H2,(H2,7,9);. The molecule has 0 fully saturated rings. The minimum atomic E-state index is -0.315. The summed E-state index contributed by atoms with van der Waals surface area (Å²) in [6.07, 6.45) is 0. The Balaban J connectivity index is 3.44. The molecule has 6 heteroatoms. The third-order valence-electron chi connectivity index (χ3n) is 1.18. The molecule has 5 N–H and O–H groups in total. The van der Waals surface area contributed by atoms with Crippen LogP contribution in [0.4, 0.5) is 0 Å². The molecule has 0 aliphatic rings. The maximum atomic E-state index is 10.6. The van der Waals surface area contributed by atoms with Gasteiger partial charge in [-0.25, -0.2) is 0 Å². The van der Waals surface area contributed by atoms with Gasteiger partial charge in [0.05, 0.1) is 0 Å². The van der Waals surface area contributed by atoms with Gasteiger partial charge in [-0.2, -0.15) is 0 Å². The summed E-state index contributed by atoms with van der Waals surface area (Å²) in [7, 11) is 0. The molecule has 61 valence electrons. The van der Waals surface area contributed by atoms with Crippen molar-refractivity contribution < 1.29 is 9.53 Å². The molecule has 0 aromatic carbocycles. The predicted molar refractivity (Wildman–Crippen MR) is 35.9 cm³/mol. The second-order valence-electron chi connectivity index (χ2n) is 1.96. The summed E-state index contributed by atoms with van der Waals surface area (Å²) in [5, 5.41) is 2.85. The minimum absolute atomic E-state index is 0.158. The second-order valence-corrected chi connectivity index (χ2v) is 4.58. The van der Waals surface area contributed by atoms with Gasteiger partial charge in [0, 0.05) is 0 Å². The number of hydrogen-bond acceptors (Lipinski definition) is 4. The van der Waals surface area contributed by atoms with Crippen molar-refractivity contribution in [3.8, 4) is 0 Å². The Labute approximate surface area is 59.7 Å². The van der Waals surface area contributed by atoms with Gasteiger partial charge in [-0.15, -0.1) is 0 Å². The molecule has 0 aliphatic heterocycles. The zero-order chi connectivity index (χ0) is 8.69. The van der Waals surface area contributed by atoms with Crippen LogP contribution in [0, 0.1) is 0 Å². The van der Waals surface area contributed by atoms with Crippen LogP contribution in [0.2, 0.25) is 6.92 Å². The molecule has 0 aromatic heterocycles. The van der Waals surface area contributed by atoms with Crippen LogP contribution in [0.5, 0.6) is 0 Å². The van der Waals surface area contributed by atoms with Crippen molar-refractivity contribution in [2.24, 2.45) is 11.5 Å². The number of primary amides is 1. The van der Waals surface area contributed by atoms with E-state index in [0.717, 1.165) is 6.92 Å². The van der Waals surface area contributed by atoms with Gasteiger partial charge in [-0.1, -0.05) is 0 Å².